The van der Waals surface area contributed by atoms with Gasteiger partial charge in [-0.15, -0.1) is 13.2 Å². The molecule has 0 aromatic carbocycles. The van der Waals surface area contributed by atoms with Gasteiger partial charge in [0.2, 0.25) is 0 Å². The molecule has 0 saturated heterocycles. The van der Waals surface area contributed by atoms with Crippen molar-refractivity contribution in [3.05, 3.63) is 0 Å². The number of hydrogen-bond donors (Lipinski definition) is 0. The van der Waals surface area contributed by atoms with E-state index in [0.29, 0.717) is 0 Å². The van der Waals surface area contributed by atoms with Crippen molar-refractivity contribution in [1.29, 1.82) is 0 Å². The zero-order valence-electron chi connectivity index (χ0n) is 12.1. The Balaban J connectivity index is 4.41. The fraction of sp³-hybridized carbons (Fsp3) is 0.727. The summed E-state index contributed by atoms with van der Waals surface area (Å²) in [5, 5.41) is 0. The van der Waals surface area contributed by atoms with Crippen LogP contribution in [-0.2, 0) is 33.3 Å². The summed E-state index contributed by atoms with van der Waals surface area (Å²) < 4.78 is 75.5. The average Bonchev–Trinajstić information content (AvgIpc) is 2.31. The van der Waals surface area contributed by atoms with Gasteiger partial charge in [-0.05, 0) is 13.8 Å². The van der Waals surface area contributed by atoms with Gasteiger partial charge in [-0.2, -0.15) is 8.78 Å². The van der Waals surface area contributed by atoms with Crippen LogP contribution in [0.5, 0.6) is 0 Å². The highest BCUT2D eigenvalue weighted by Gasteiger charge is 2.46. The highest BCUT2D eigenvalue weighted by atomic mass is 19.4. The Morgan fingerprint density at radius 3 is 1.83 bits per heavy atom. The largest absolute Gasteiger partial charge is 0.527 e. The van der Waals surface area contributed by atoms with E-state index in [1.807, 2.05) is 0 Å². The highest BCUT2D eigenvalue weighted by Crippen LogP contribution is 2.28. The van der Waals surface area contributed by atoms with Crippen molar-refractivity contribution in [3.8, 4) is 0 Å². The molecule has 0 amide bonds. The Kier molecular flexibility index (Phi) is 7.34. The van der Waals surface area contributed by atoms with Gasteiger partial charge in [0.15, 0.2) is 18.8 Å². The summed E-state index contributed by atoms with van der Waals surface area (Å²) in [6, 6.07) is 0. The number of carbonyl (C=O) groups excluding carboxylic acids is 3. The summed E-state index contributed by atoms with van der Waals surface area (Å²) in [5.41, 5.74) is 0. The minimum absolute atomic E-state index is 0.811. The van der Waals surface area contributed by atoms with Gasteiger partial charge in [0.05, 0.1) is 0 Å². The van der Waals surface area contributed by atoms with Crippen LogP contribution in [0.25, 0.3) is 0 Å². The zero-order chi connectivity index (χ0) is 18.4. The van der Waals surface area contributed by atoms with E-state index in [-0.39, 0.29) is 0 Å². The summed E-state index contributed by atoms with van der Waals surface area (Å²) in [6.45, 7) is 1.01. The van der Waals surface area contributed by atoms with Crippen LogP contribution >= 0.6 is 0 Å². The first-order valence-electron chi connectivity index (χ1n) is 5.92. The first-order chi connectivity index (χ1) is 10.2. The first-order valence-corrected chi connectivity index (χ1v) is 5.92. The first kappa shape index (κ1) is 21.0. The van der Waals surface area contributed by atoms with Crippen molar-refractivity contribution < 1.29 is 55.3 Å². The molecule has 134 valence electrons. The van der Waals surface area contributed by atoms with Crippen LogP contribution in [-0.4, -0.2) is 49.2 Å². The molecule has 7 nitrogen and oxygen atoms in total. The van der Waals surface area contributed by atoms with Crippen LogP contribution in [0, 0.1) is 0 Å². The number of hydrogen-bond acceptors (Lipinski definition) is 7. The van der Waals surface area contributed by atoms with Crippen molar-refractivity contribution >= 4 is 17.9 Å². The number of esters is 3. The van der Waals surface area contributed by atoms with E-state index in [2.05, 4.69) is 18.9 Å². The monoisotopic (exact) mass is 352 g/mol. The van der Waals surface area contributed by atoms with Crippen LogP contribution in [0.15, 0.2) is 0 Å². The topological polar surface area (TPSA) is 88.1 Å². The lowest BCUT2D eigenvalue weighted by molar-refractivity contribution is -0.429. The maximum atomic E-state index is 12.7. The summed E-state index contributed by atoms with van der Waals surface area (Å²) >= 11 is 0. The highest BCUT2D eigenvalue weighted by molar-refractivity contribution is 5.82. The molecule has 0 rings (SSSR count). The molecule has 0 saturated carbocycles. The summed E-state index contributed by atoms with van der Waals surface area (Å²) in [7, 11) is 0. The number of carbonyl (C=O) groups is 3. The van der Waals surface area contributed by atoms with E-state index < -0.39 is 49.2 Å². The molecule has 2 unspecified atom stereocenters. The second kappa shape index (κ2) is 8.04. The average molecular weight is 352 g/mol. The van der Waals surface area contributed by atoms with E-state index in [0.717, 1.165) is 20.8 Å². The quantitative estimate of drug-likeness (QED) is 0.390. The fourth-order valence-electron chi connectivity index (χ4n) is 1.09. The summed E-state index contributed by atoms with van der Waals surface area (Å²) in [4.78, 5) is 33.2. The third kappa shape index (κ3) is 9.60. The molecule has 0 radical (unpaired) electrons. The lowest BCUT2D eigenvalue weighted by atomic mass is 10.3. The van der Waals surface area contributed by atoms with Gasteiger partial charge in [-0.1, -0.05) is 0 Å². The zero-order valence-corrected chi connectivity index (χ0v) is 12.1. The van der Waals surface area contributed by atoms with Crippen molar-refractivity contribution in [1.82, 2.24) is 0 Å². The SMILES string of the molecule is CC(=O)OC(C)C(=O)OC(C)C(=O)OCC(F)(F)OC(F)(F)F. The van der Waals surface area contributed by atoms with Crippen LogP contribution in [0.2, 0.25) is 0 Å². The molecule has 0 aliphatic heterocycles. The number of rotatable bonds is 7. The van der Waals surface area contributed by atoms with E-state index >= 15 is 0 Å². The van der Waals surface area contributed by atoms with E-state index in [1.54, 1.807) is 0 Å². The van der Waals surface area contributed by atoms with Gasteiger partial charge in [0, 0.05) is 6.92 Å². The molecule has 0 fully saturated rings. The number of ether oxygens (including phenoxy) is 4. The molecule has 0 spiro atoms. The van der Waals surface area contributed by atoms with Crippen LogP contribution < -0.4 is 0 Å². The molecule has 0 N–H and O–H groups in total. The smallest absolute Gasteiger partial charge is 0.454 e. The normalized spacial score (nSPS) is 14.6. The summed E-state index contributed by atoms with van der Waals surface area (Å²) in [6.07, 6.45) is -13.5. The Morgan fingerprint density at radius 1 is 0.913 bits per heavy atom. The Bertz CT molecular complexity index is 449. The predicted octanol–water partition coefficient (Wildman–Crippen LogP) is 1.54. The summed E-state index contributed by atoms with van der Waals surface area (Å²) in [5.74, 6) is -3.53. The maximum Gasteiger partial charge on any atom is 0.527 e. The molecule has 0 aromatic heterocycles. The van der Waals surface area contributed by atoms with Gasteiger partial charge >= 0.3 is 30.4 Å². The maximum absolute atomic E-state index is 12.7. The third-order valence-corrected chi connectivity index (χ3v) is 1.95. The predicted molar refractivity (Wildman–Crippen MR) is 59.8 cm³/mol. The van der Waals surface area contributed by atoms with Crippen molar-refractivity contribution in [2.24, 2.45) is 0 Å². The lowest BCUT2D eigenvalue weighted by Gasteiger charge is -2.20. The van der Waals surface area contributed by atoms with Gasteiger partial charge in [0.1, 0.15) is 0 Å². The Labute approximate surface area is 126 Å². The fourth-order valence-corrected chi connectivity index (χ4v) is 1.09. The van der Waals surface area contributed by atoms with E-state index in [4.69, 9.17) is 0 Å². The molecule has 2 atom stereocenters. The van der Waals surface area contributed by atoms with E-state index in [1.165, 1.54) is 0 Å². The van der Waals surface area contributed by atoms with Crippen LogP contribution in [0.1, 0.15) is 20.8 Å². The van der Waals surface area contributed by atoms with Crippen LogP contribution in [0.3, 0.4) is 0 Å². The molecule has 0 bridgehead atoms. The van der Waals surface area contributed by atoms with Crippen molar-refractivity contribution in [2.45, 2.75) is 45.5 Å². The third-order valence-electron chi connectivity index (χ3n) is 1.95. The molecule has 0 aliphatic carbocycles. The minimum atomic E-state index is -5.63. The van der Waals surface area contributed by atoms with Crippen molar-refractivity contribution in [3.63, 3.8) is 0 Å². The Morgan fingerprint density at radius 2 is 1.39 bits per heavy atom. The van der Waals surface area contributed by atoms with Gasteiger partial charge < -0.3 is 14.2 Å². The second-order valence-corrected chi connectivity index (χ2v) is 4.12. The minimum Gasteiger partial charge on any atom is -0.454 e. The second-order valence-electron chi connectivity index (χ2n) is 4.12. The standard InChI is InChI=1S/C11H13F5O7/c1-5(22-9(19)6(2)21-7(3)17)8(18)20-4-10(12,13)23-11(14,15)16/h5-6H,4H2,1-3H3. The number of halogens is 5. The van der Waals surface area contributed by atoms with Crippen LogP contribution in [0.4, 0.5) is 22.0 Å². The van der Waals surface area contributed by atoms with Crippen molar-refractivity contribution in [2.75, 3.05) is 6.61 Å². The molecular formula is C11H13F5O7. The van der Waals surface area contributed by atoms with Gasteiger partial charge in [-0.25, -0.2) is 14.3 Å². The molecule has 0 heterocycles. The Hall–Kier alpha value is -1.98. The lowest BCUT2D eigenvalue weighted by Crippen LogP contribution is -2.38. The molecule has 0 aliphatic rings. The van der Waals surface area contributed by atoms with Gasteiger partial charge in [0.25, 0.3) is 0 Å². The number of alkyl halides is 5. The molecule has 23 heavy (non-hydrogen) atoms. The van der Waals surface area contributed by atoms with E-state index in [9.17, 15) is 36.3 Å². The van der Waals surface area contributed by atoms with Gasteiger partial charge in [-0.3, -0.25) is 4.79 Å². The molecule has 0 aromatic rings. The molecule has 12 heteroatoms. The molecular weight excluding hydrogens is 339 g/mol.